The van der Waals surface area contributed by atoms with Crippen molar-refractivity contribution in [2.24, 2.45) is 12.0 Å². The normalized spacial score (nSPS) is 18.2. The van der Waals surface area contributed by atoms with Crippen LogP contribution in [0, 0.1) is 0 Å². The molecular weight excluding hydrogens is 390 g/mol. The van der Waals surface area contributed by atoms with Crippen molar-refractivity contribution in [2.45, 2.75) is 31.8 Å². The molecule has 0 spiro atoms. The van der Waals surface area contributed by atoms with Crippen LogP contribution in [0.5, 0.6) is 0 Å². The van der Waals surface area contributed by atoms with E-state index in [0.29, 0.717) is 19.1 Å². The largest absolute Gasteiger partial charge is 0.357 e. The van der Waals surface area contributed by atoms with Gasteiger partial charge in [0.05, 0.1) is 24.5 Å². The lowest BCUT2D eigenvalue weighted by atomic mass is 10.1. The fourth-order valence-electron chi connectivity index (χ4n) is 3.47. The van der Waals surface area contributed by atoms with Crippen molar-refractivity contribution in [3.63, 3.8) is 0 Å². The second kappa shape index (κ2) is 10.9. The van der Waals surface area contributed by atoms with Crippen molar-refractivity contribution < 1.29 is 8.42 Å². The van der Waals surface area contributed by atoms with Gasteiger partial charge in [0.2, 0.25) is 0 Å². The molecule has 0 saturated carbocycles. The summed E-state index contributed by atoms with van der Waals surface area (Å²) >= 11 is 0. The highest BCUT2D eigenvalue weighted by Gasteiger charge is 2.21. The number of guanidine groups is 1. The number of nitrogens with one attached hydrogen (secondary N) is 2. The summed E-state index contributed by atoms with van der Waals surface area (Å²) in [5.41, 5.74) is 1.15. The van der Waals surface area contributed by atoms with Crippen molar-refractivity contribution in [2.75, 3.05) is 58.8 Å². The summed E-state index contributed by atoms with van der Waals surface area (Å²) in [6.45, 7) is 5.94. The molecule has 0 aliphatic carbocycles. The van der Waals surface area contributed by atoms with Crippen LogP contribution in [0.25, 0.3) is 0 Å². The molecule has 1 unspecified atom stereocenters. The molecular formula is C19H37N7O2S. The molecule has 1 aliphatic heterocycles. The molecule has 166 valence electrons. The van der Waals surface area contributed by atoms with Gasteiger partial charge >= 0.3 is 0 Å². The Kier molecular flexibility index (Phi) is 8.91. The van der Waals surface area contributed by atoms with Crippen LogP contribution in [-0.4, -0.2) is 98.8 Å². The highest BCUT2D eigenvalue weighted by atomic mass is 32.2. The zero-order chi connectivity index (χ0) is 21.4. The van der Waals surface area contributed by atoms with E-state index in [2.05, 4.69) is 46.6 Å². The van der Waals surface area contributed by atoms with E-state index in [1.807, 2.05) is 24.1 Å². The predicted octanol–water partition coefficient (Wildman–Crippen LogP) is 0.0869. The summed E-state index contributed by atoms with van der Waals surface area (Å²) in [7, 11) is 3.13. The van der Waals surface area contributed by atoms with Gasteiger partial charge in [-0.15, -0.1) is 0 Å². The fraction of sp³-hybridized carbons (Fsp3) is 0.789. The maximum Gasteiger partial charge on any atom is 0.191 e. The van der Waals surface area contributed by atoms with Crippen LogP contribution >= 0.6 is 0 Å². The lowest BCUT2D eigenvalue weighted by molar-refractivity contribution is 0.216. The first-order chi connectivity index (χ1) is 13.7. The molecule has 1 saturated heterocycles. The number of hydrogen-bond acceptors (Lipinski definition) is 6. The van der Waals surface area contributed by atoms with E-state index in [0.717, 1.165) is 44.0 Å². The van der Waals surface area contributed by atoms with Crippen LogP contribution in [0.2, 0.25) is 0 Å². The maximum atomic E-state index is 11.4. The second-order valence-corrected chi connectivity index (χ2v) is 10.3. The Morgan fingerprint density at radius 2 is 2.07 bits per heavy atom. The van der Waals surface area contributed by atoms with Gasteiger partial charge in [0.1, 0.15) is 9.84 Å². The Morgan fingerprint density at radius 3 is 2.59 bits per heavy atom. The third-order valence-electron chi connectivity index (χ3n) is 5.21. The average Bonchev–Trinajstić information content (AvgIpc) is 3.06. The summed E-state index contributed by atoms with van der Waals surface area (Å²) < 4.78 is 24.5. The van der Waals surface area contributed by atoms with E-state index in [1.165, 1.54) is 6.26 Å². The first-order valence-corrected chi connectivity index (χ1v) is 12.3. The third kappa shape index (κ3) is 8.31. The number of hydrogen-bond donors (Lipinski definition) is 2. The molecule has 10 heteroatoms. The van der Waals surface area contributed by atoms with Crippen molar-refractivity contribution in [3.8, 4) is 0 Å². The molecule has 1 aliphatic rings. The number of sulfone groups is 1. The van der Waals surface area contributed by atoms with Crippen molar-refractivity contribution in [1.82, 2.24) is 30.2 Å². The molecule has 0 radical (unpaired) electrons. The van der Waals surface area contributed by atoms with Crippen LogP contribution in [0.3, 0.4) is 0 Å². The first-order valence-electron chi connectivity index (χ1n) is 10.3. The zero-order valence-electron chi connectivity index (χ0n) is 18.4. The molecule has 1 aromatic rings. The van der Waals surface area contributed by atoms with Crippen LogP contribution in [-0.2, 0) is 16.9 Å². The fourth-order valence-corrected chi connectivity index (χ4v) is 4.06. The highest BCUT2D eigenvalue weighted by molar-refractivity contribution is 7.90. The Morgan fingerprint density at radius 1 is 1.38 bits per heavy atom. The molecule has 0 bridgehead atoms. The van der Waals surface area contributed by atoms with Gasteiger partial charge in [-0.2, -0.15) is 5.10 Å². The summed E-state index contributed by atoms with van der Waals surface area (Å²) in [5, 5.41) is 11.2. The molecule has 2 rings (SSSR count). The Labute approximate surface area is 175 Å². The quantitative estimate of drug-likeness (QED) is 0.426. The maximum absolute atomic E-state index is 11.4. The van der Waals surface area contributed by atoms with Gasteiger partial charge in [0.15, 0.2) is 5.96 Å². The minimum Gasteiger partial charge on any atom is -0.357 e. The second-order valence-electron chi connectivity index (χ2n) is 8.04. The smallest absolute Gasteiger partial charge is 0.191 e. The molecule has 2 heterocycles. The lowest BCUT2D eigenvalue weighted by Crippen LogP contribution is -2.49. The first kappa shape index (κ1) is 23.6. The Balaban J connectivity index is 1.90. The number of aromatic nitrogens is 2. The van der Waals surface area contributed by atoms with Gasteiger partial charge in [0.25, 0.3) is 0 Å². The van der Waals surface area contributed by atoms with Crippen LogP contribution in [0.1, 0.15) is 31.4 Å². The van der Waals surface area contributed by atoms with E-state index in [1.54, 1.807) is 0 Å². The zero-order valence-corrected chi connectivity index (χ0v) is 19.2. The molecule has 1 fully saturated rings. The summed E-state index contributed by atoms with van der Waals surface area (Å²) in [6, 6.07) is 0.510. The number of aryl methyl sites for hydroxylation is 1. The van der Waals surface area contributed by atoms with Gasteiger partial charge in [-0.3, -0.25) is 9.67 Å². The molecule has 0 amide bonds. The molecule has 29 heavy (non-hydrogen) atoms. The van der Waals surface area contributed by atoms with Crippen LogP contribution in [0.4, 0.5) is 0 Å². The molecule has 9 nitrogen and oxygen atoms in total. The van der Waals surface area contributed by atoms with E-state index in [-0.39, 0.29) is 11.8 Å². The van der Waals surface area contributed by atoms with Gasteiger partial charge in [-0.25, -0.2) is 8.42 Å². The van der Waals surface area contributed by atoms with E-state index >= 15 is 0 Å². The highest BCUT2D eigenvalue weighted by Crippen LogP contribution is 2.17. The van der Waals surface area contributed by atoms with Gasteiger partial charge in [0, 0.05) is 57.3 Å². The van der Waals surface area contributed by atoms with Crippen molar-refractivity contribution in [1.29, 1.82) is 0 Å². The summed E-state index contributed by atoms with van der Waals surface area (Å²) in [4.78, 5) is 9.21. The van der Waals surface area contributed by atoms with Gasteiger partial charge in [-0.05, 0) is 33.9 Å². The molecule has 2 N–H and O–H groups in total. The number of rotatable bonds is 9. The average molecular weight is 428 g/mol. The van der Waals surface area contributed by atoms with Crippen molar-refractivity contribution in [3.05, 3.63) is 18.0 Å². The molecule has 1 atom stereocenters. The number of likely N-dealkylation sites (N-methyl/N-ethyl adjacent to an activating group) is 1. The standard InChI is InChI=1S/C19H37N7O2S/c1-6-20-19(21-14-18(24(2)3)16-13-22-25(4)15-16)23-17-7-9-26(10-8-17)11-12-29(5,27)28/h13,15,17-18H,6-12,14H2,1-5H3,(H2,20,21,23). The van der Waals surface area contributed by atoms with Gasteiger partial charge < -0.3 is 20.4 Å². The SMILES string of the molecule is CCNC(=NCC(c1cnn(C)c1)N(C)C)NC1CCN(CCS(C)(=O)=O)CC1. The molecule has 1 aromatic heterocycles. The minimum atomic E-state index is -2.90. The van der Waals surface area contributed by atoms with Gasteiger partial charge in [-0.1, -0.05) is 0 Å². The topological polar surface area (TPSA) is 94.9 Å². The van der Waals surface area contributed by atoms with E-state index in [9.17, 15) is 8.42 Å². The number of aliphatic imine (C=N–C) groups is 1. The summed E-state index contributed by atoms with van der Waals surface area (Å²) in [5.74, 6) is 1.06. The van der Waals surface area contributed by atoms with E-state index < -0.39 is 9.84 Å². The number of nitrogens with zero attached hydrogens (tertiary/aromatic N) is 5. The predicted molar refractivity (Wildman–Crippen MR) is 118 cm³/mol. The number of likely N-dealkylation sites (tertiary alicyclic amines) is 1. The summed E-state index contributed by atoms with van der Waals surface area (Å²) in [6.07, 6.45) is 7.19. The van der Waals surface area contributed by atoms with Crippen LogP contribution in [0.15, 0.2) is 17.4 Å². The minimum absolute atomic E-state index is 0.164. The van der Waals surface area contributed by atoms with Crippen LogP contribution < -0.4 is 10.6 Å². The number of piperidine rings is 1. The molecule has 0 aromatic carbocycles. The Bertz CT molecular complexity index is 752. The van der Waals surface area contributed by atoms with E-state index in [4.69, 9.17) is 4.99 Å². The Hall–Kier alpha value is -1.65. The third-order valence-corrected chi connectivity index (χ3v) is 6.13. The van der Waals surface area contributed by atoms with Crippen molar-refractivity contribution >= 4 is 15.8 Å². The monoisotopic (exact) mass is 427 g/mol. The lowest BCUT2D eigenvalue weighted by Gasteiger charge is -2.33.